The number of hydrogen-bond donors (Lipinski definition) is 2. The molecule has 0 aliphatic rings. The van der Waals surface area contributed by atoms with Crippen LogP contribution in [0.1, 0.15) is 11.3 Å². The minimum atomic E-state index is -0.884. The second-order valence-electron chi connectivity index (χ2n) is 3.75. The summed E-state index contributed by atoms with van der Waals surface area (Å²) in [6.45, 7) is 1.91. The number of thiazole rings is 1. The molecule has 6 heteroatoms. The topological polar surface area (TPSA) is 62.2 Å². The summed E-state index contributed by atoms with van der Waals surface area (Å²) in [7, 11) is 0. The maximum atomic E-state index is 10.6. The van der Waals surface area contributed by atoms with Crippen molar-refractivity contribution in [2.75, 3.05) is 5.32 Å². The number of hydrogen-bond acceptors (Lipinski definition) is 4. The van der Waals surface area contributed by atoms with E-state index in [1.165, 1.54) is 11.3 Å². The number of benzene rings is 1. The van der Waals surface area contributed by atoms with E-state index >= 15 is 0 Å². The summed E-state index contributed by atoms with van der Waals surface area (Å²) < 4.78 is 0. The summed E-state index contributed by atoms with van der Waals surface area (Å²) in [5.74, 6) is -0.884. The lowest BCUT2D eigenvalue weighted by Gasteiger charge is -2.07. The Hall–Kier alpha value is -1.59. The molecule has 0 unspecified atom stereocenters. The van der Waals surface area contributed by atoms with Crippen LogP contribution in [0, 0.1) is 6.92 Å². The highest BCUT2D eigenvalue weighted by Crippen LogP contribution is 2.27. The average Bonchev–Trinajstić information content (AvgIpc) is 2.71. The largest absolute Gasteiger partial charge is 0.481 e. The number of carboxylic acid groups (broad SMARTS) is 1. The Bertz CT molecular complexity index is 583. The normalized spacial score (nSPS) is 10.3. The molecule has 0 spiro atoms. The fraction of sp³-hybridized carbons (Fsp3) is 0.167. The van der Waals surface area contributed by atoms with Gasteiger partial charge in [0.1, 0.15) is 0 Å². The van der Waals surface area contributed by atoms with Crippen LogP contribution in [0.15, 0.2) is 23.6 Å². The molecule has 1 aromatic carbocycles. The molecule has 0 saturated heterocycles. The van der Waals surface area contributed by atoms with Crippen LogP contribution >= 0.6 is 22.9 Å². The van der Waals surface area contributed by atoms with E-state index in [1.54, 1.807) is 5.38 Å². The third-order valence-electron chi connectivity index (χ3n) is 2.39. The Balaban J connectivity index is 2.16. The van der Waals surface area contributed by atoms with E-state index in [1.807, 2.05) is 25.1 Å². The number of carboxylic acids is 1. The van der Waals surface area contributed by atoms with Gasteiger partial charge in [-0.3, -0.25) is 4.79 Å². The maximum Gasteiger partial charge on any atom is 0.309 e. The Labute approximate surface area is 113 Å². The number of halogens is 1. The van der Waals surface area contributed by atoms with Gasteiger partial charge in [0.25, 0.3) is 0 Å². The molecule has 0 radical (unpaired) electrons. The number of aromatic nitrogens is 1. The van der Waals surface area contributed by atoms with Crippen molar-refractivity contribution >= 4 is 39.7 Å². The van der Waals surface area contributed by atoms with Crippen LogP contribution in [0.3, 0.4) is 0 Å². The monoisotopic (exact) mass is 282 g/mol. The molecule has 0 aliphatic carbocycles. The van der Waals surface area contributed by atoms with E-state index in [2.05, 4.69) is 10.3 Å². The van der Waals surface area contributed by atoms with Crippen molar-refractivity contribution in [3.8, 4) is 0 Å². The van der Waals surface area contributed by atoms with E-state index in [-0.39, 0.29) is 6.42 Å². The van der Waals surface area contributed by atoms with Crippen LogP contribution in [-0.4, -0.2) is 16.1 Å². The zero-order valence-electron chi connectivity index (χ0n) is 9.61. The molecule has 94 valence electrons. The van der Waals surface area contributed by atoms with Crippen molar-refractivity contribution in [2.24, 2.45) is 0 Å². The van der Waals surface area contributed by atoms with Gasteiger partial charge >= 0.3 is 5.97 Å². The number of carbonyl (C=O) groups is 1. The van der Waals surface area contributed by atoms with Gasteiger partial charge in [-0.25, -0.2) is 4.98 Å². The molecule has 1 aromatic heterocycles. The van der Waals surface area contributed by atoms with Gasteiger partial charge < -0.3 is 10.4 Å². The molecular weight excluding hydrogens is 272 g/mol. The van der Waals surface area contributed by atoms with Crippen LogP contribution in [0.5, 0.6) is 0 Å². The molecular formula is C12H11ClN2O2S. The highest BCUT2D eigenvalue weighted by atomic mass is 35.5. The Kier molecular flexibility index (Phi) is 3.84. The molecule has 0 aliphatic heterocycles. The Morgan fingerprint density at radius 3 is 3.06 bits per heavy atom. The molecule has 2 rings (SSSR count). The minimum absolute atomic E-state index is 0.0628. The van der Waals surface area contributed by atoms with Crippen LogP contribution < -0.4 is 5.32 Å². The third kappa shape index (κ3) is 3.00. The van der Waals surface area contributed by atoms with E-state index in [9.17, 15) is 4.79 Å². The predicted octanol–water partition coefficient (Wildman–Crippen LogP) is 3.48. The van der Waals surface area contributed by atoms with Crippen LogP contribution in [-0.2, 0) is 11.2 Å². The van der Waals surface area contributed by atoms with Crippen LogP contribution in [0.25, 0.3) is 0 Å². The summed E-state index contributed by atoms with van der Waals surface area (Å²) >= 11 is 7.39. The molecule has 2 aromatic rings. The first-order valence-electron chi connectivity index (χ1n) is 5.24. The lowest BCUT2D eigenvalue weighted by atomic mass is 10.2. The van der Waals surface area contributed by atoms with E-state index in [0.29, 0.717) is 15.8 Å². The van der Waals surface area contributed by atoms with Gasteiger partial charge in [-0.15, -0.1) is 11.3 Å². The van der Waals surface area contributed by atoms with Gasteiger partial charge in [0.2, 0.25) is 0 Å². The molecule has 2 N–H and O–H groups in total. The average molecular weight is 283 g/mol. The van der Waals surface area contributed by atoms with Crippen molar-refractivity contribution < 1.29 is 9.90 Å². The quantitative estimate of drug-likeness (QED) is 0.901. The number of anilines is 2. The zero-order chi connectivity index (χ0) is 13.1. The van der Waals surface area contributed by atoms with Gasteiger partial charge in [0, 0.05) is 16.1 Å². The Morgan fingerprint density at radius 1 is 1.56 bits per heavy atom. The predicted molar refractivity (Wildman–Crippen MR) is 72.9 cm³/mol. The van der Waals surface area contributed by atoms with E-state index in [0.717, 1.165) is 11.3 Å². The number of aliphatic carboxylic acids is 1. The molecule has 0 saturated carbocycles. The summed E-state index contributed by atoms with van der Waals surface area (Å²) in [5, 5.41) is 14.9. The van der Waals surface area contributed by atoms with Gasteiger partial charge in [0.05, 0.1) is 12.1 Å². The minimum Gasteiger partial charge on any atom is -0.481 e. The first-order valence-corrected chi connectivity index (χ1v) is 6.50. The van der Waals surface area contributed by atoms with E-state index < -0.39 is 5.97 Å². The lowest BCUT2D eigenvalue weighted by molar-refractivity contribution is -0.136. The molecule has 0 fully saturated rings. The van der Waals surface area contributed by atoms with Crippen LogP contribution in [0.2, 0.25) is 5.02 Å². The molecule has 0 atom stereocenters. The van der Waals surface area contributed by atoms with Gasteiger partial charge in [-0.1, -0.05) is 17.7 Å². The molecule has 0 bridgehead atoms. The molecule has 1 heterocycles. The maximum absolute atomic E-state index is 10.6. The van der Waals surface area contributed by atoms with Gasteiger partial charge in [0.15, 0.2) is 5.13 Å². The lowest BCUT2D eigenvalue weighted by Crippen LogP contribution is -2.00. The molecule has 4 nitrogen and oxygen atoms in total. The highest BCUT2D eigenvalue weighted by molar-refractivity contribution is 7.13. The zero-order valence-corrected chi connectivity index (χ0v) is 11.2. The first-order chi connectivity index (χ1) is 8.56. The van der Waals surface area contributed by atoms with E-state index in [4.69, 9.17) is 16.7 Å². The number of nitrogens with one attached hydrogen (secondary N) is 1. The van der Waals surface area contributed by atoms with Gasteiger partial charge in [-0.05, 0) is 24.6 Å². The number of nitrogens with zero attached hydrogens (tertiary/aromatic N) is 1. The van der Waals surface area contributed by atoms with Crippen LogP contribution in [0.4, 0.5) is 10.8 Å². The fourth-order valence-electron chi connectivity index (χ4n) is 1.46. The number of rotatable bonds is 4. The summed E-state index contributed by atoms with van der Waals surface area (Å²) in [6, 6.07) is 5.57. The van der Waals surface area contributed by atoms with Crippen molar-refractivity contribution in [3.63, 3.8) is 0 Å². The summed E-state index contributed by atoms with van der Waals surface area (Å²) in [5.41, 5.74) is 2.36. The summed E-state index contributed by atoms with van der Waals surface area (Å²) in [6.07, 6.45) is -0.0628. The first kappa shape index (κ1) is 12.9. The van der Waals surface area contributed by atoms with Crippen molar-refractivity contribution in [1.82, 2.24) is 4.98 Å². The van der Waals surface area contributed by atoms with Crippen molar-refractivity contribution in [3.05, 3.63) is 39.9 Å². The second kappa shape index (κ2) is 5.37. The third-order valence-corrected chi connectivity index (χ3v) is 3.61. The van der Waals surface area contributed by atoms with Crippen molar-refractivity contribution in [1.29, 1.82) is 0 Å². The standard InChI is InChI=1S/C12H11ClN2O2S/c1-7-9(13)3-2-4-10(7)15-12-14-8(6-18-12)5-11(16)17/h2-4,6H,5H2,1H3,(H,14,15)(H,16,17). The van der Waals surface area contributed by atoms with Crippen molar-refractivity contribution in [2.45, 2.75) is 13.3 Å². The SMILES string of the molecule is Cc1c(Cl)cccc1Nc1nc(CC(=O)O)cs1. The fourth-order valence-corrected chi connectivity index (χ4v) is 2.36. The summed E-state index contributed by atoms with van der Waals surface area (Å²) in [4.78, 5) is 14.8. The highest BCUT2D eigenvalue weighted by Gasteiger charge is 2.08. The Morgan fingerprint density at radius 2 is 2.33 bits per heavy atom. The smallest absolute Gasteiger partial charge is 0.309 e. The molecule has 18 heavy (non-hydrogen) atoms. The molecule has 0 amide bonds. The second-order valence-corrected chi connectivity index (χ2v) is 5.02. The van der Waals surface area contributed by atoms with Gasteiger partial charge in [-0.2, -0.15) is 0 Å².